The molecule has 0 aromatic heterocycles. The lowest BCUT2D eigenvalue weighted by molar-refractivity contribution is -0.136. The lowest BCUT2D eigenvalue weighted by Crippen LogP contribution is -2.38. The van der Waals surface area contributed by atoms with Crippen LogP contribution < -0.4 is 10.6 Å². The van der Waals surface area contributed by atoms with Gasteiger partial charge in [0.2, 0.25) is 0 Å². The number of benzene rings is 1. The molecule has 1 fully saturated rings. The molecule has 17 heavy (non-hydrogen) atoms. The topological polar surface area (TPSA) is 24.1 Å². The summed E-state index contributed by atoms with van der Waals surface area (Å²) in [5, 5.41) is 6.29. The Hall–Kier alpha value is -1.23. The molecule has 2 N–H and O–H groups in total. The molecular formula is C12H13F3N2. The second kappa shape index (κ2) is 3.63. The Morgan fingerprint density at radius 2 is 2.06 bits per heavy atom. The quantitative estimate of drug-likeness (QED) is 0.730. The molecule has 2 aliphatic heterocycles. The van der Waals surface area contributed by atoms with Gasteiger partial charge < -0.3 is 10.6 Å². The molecule has 2 aliphatic rings. The summed E-state index contributed by atoms with van der Waals surface area (Å²) in [6.07, 6.45) is -3.41. The van der Waals surface area contributed by atoms with Gasteiger partial charge in [-0.15, -0.1) is 0 Å². The average molecular weight is 242 g/mol. The van der Waals surface area contributed by atoms with Gasteiger partial charge in [0.25, 0.3) is 0 Å². The second-order valence-corrected chi connectivity index (χ2v) is 4.62. The largest absolute Gasteiger partial charge is 0.418 e. The van der Waals surface area contributed by atoms with Crippen LogP contribution in [0.4, 0.5) is 18.9 Å². The van der Waals surface area contributed by atoms with E-state index in [9.17, 15) is 13.2 Å². The fraction of sp³-hybridized carbons (Fsp3) is 0.500. The van der Waals surface area contributed by atoms with Crippen LogP contribution in [0.15, 0.2) is 18.2 Å². The van der Waals surface area contributed by atoms with Crippen LogP contribution in [0.1, 0.15) is 23.5 Å². The summed E-state index contributed by atoms with van der Waals surface area (Å²) in [6, 6.07) is 4.60. The van der Waals surface area contributed by atoms with Crippen molar-refractivity contribution in [2.45, 2.75) is 24.6 Å². The van der Waals surface area contributed by atoms with Crippen molar-refractivity contribution in [1.29, 1.82) is 0 Å². The highest BCUT2D eigenvalue weighted by Gasteiger charge is 2.41. The summed E-state index contributed by atoms with van der Waals surface area (Å²) < 4.78 is 38.6. The zero-order valence-electron chi connectivity index (χ0n) is 9.14. The van der Waals surface area contributed by atoms with Gasteiger partial charge in [-0.25, -0.2) is 0 Å². The Bertz CT molecular complexity index is 442. The van der Waals surface area contributed by atoms with E-state index in [4.69, 9.17) is 0 Å². The van der Waals surface area contributed by atoms with Crippen molar-refractivity contribution in [3.05, 3.63) is 29.3 Å². The highest BCUT2D eigenvalue weighted by Crippen LogP contribution is 2.45. The maximum Gasteiger partial charge on any atom is 0.418 e. The molecule has 1 saturated heterocycles. The van der Waals surface area contributed by atoms with Gasteiger partial charge in [-0.3, -0.25) is 0 Å². The fourth-order valence-electron chi connectivity index (χ4n) is 2.82. The molecule has 3 rings (SSSR count). The molecule has 2 heterocycles. The first-order valence-electron chi connectivity index (χ1n) is 5.75. The lowest BCUT2D eigenvalue weighted by Gasteiger charge is -2.26. The molecule has 0 unspecified atom stereocenters. The van der Waals surface area contributed by atoms with Crippen molar-refractivity contribution in [2.75, 3.05) is 18.4 Å². The van der Waals surface area contributed by atoms with Crippen molar-refractivity contribution >= 4 is 5.69 Å². The standard InChI is InChI=1S/C12H13F3N2/c13-12(14,15)9-3-1-2-7-8-6-16-5-4-10(8)17-11(7)9/h1-3,8,10,16-17H,4-6H2/t8-,10-/m1/s1. The molecule has 2 nitrogen and oxygen atoms in total. The highest BCUT2D eigenvalue weighted by molar-refractivity contribution is 5.65. The van der Waals surface area contributed by atoms with Gasteiger partial charge >= 0.3 is 6.18 Å². The maximum absolute atomic E-state index is 12.9. The normalized spacial score (nSPS) is 27.2. The summed E-state index contributed by atoms with van der Waals surface area (Å²) in [5.74, 6) is 0.168. The van der Waals surface area contributed by atoms with E-state index in [0.717, 1.165) is 31.1 Å². The third kappa shape index (κ3) is 1.69. The monoisotopic (exact) mass is 242 g/mol. The third-order valence-corrected chi connectivity index (χ3v) is 3.61. The minimum atomic E-state index is -4.28. The van der Waals surface area contributed by atoms with Gasteiger partial charge in [-0.2, -0.15) is 13.2 Å². The Morgan fingerprint density at radius 1 is 1.24 bits per heavy atom. The van der Waals surface area contributed by atoms with Crippen molar-refractivity contribution in [3.63, 3.8) is 0 Å². The average Bonchev–Trinajstić information content (AvgIpc) is 2.65. The molecule has 0 saturated carbocycles. The van der Waals surface area contributed by atoms with Crippen LogP contribution >= 0.6 is 0 Å². The molecule has 0 amide bonds. The smallest absolute Gasteiger partial charge is 0.381 e. The third-order valence-electron chi connectivity index (χ3n) is 3.61. The van der Waals surface area contributed by atoms with Crippen LogP contribution in [0.5, 0.6) is 0 Å². The number of hydrogen-bond acceptors (Lipinski definition) is 2. The molecule has 5 heteroatoms. The molecule has 0 aliphatic carbocycles. The number of nitrogens with one attached hydrogen (secondary N) is 2. The SMILES string of the molecule is FC(F)(F)c1cccc2c1N[C@@H]1CCNC[C@H]21. The van der Waals surface area contributed by atoms with Gasteiger partial charge in [0.1, 0.15) is 0 Å². The van der Waals surface area contributed by atoms with Crippen LogP contribution in [-0.4, -0.2) is 19.1 Å². The van der Waals surface area contributed by atoms with Gasteiger partial charge in [0.15, 0.2) is 0 Å². The number of halogens is 3. The first-order chi connectivity index (χ1) is 8.07. The van der Waals surface area contributed by atoms with Crippen molar-refractivity contribution in [1.82, 2.24) is 5.32 Å². The Kier molecular flexibility index (Phi) is 2.33. The molecule has 1 aromatic carbocycles. The number of alkyl halides is 3. The van der Waals surface area contributed by atoms with Crippen LogP contribution in [-0.2, 0) is 6.18 Å². The number of hydrogen-bond donors (Lipinski definition) is 2. The summed E-state index contributed by atoms with van der Waals surface area (Å²) in [7, 11) is 0. The summed E-state index contributed by atoms with van der Waals surface area (Å²) in [4.78, 5) is 0. The maximum atomic E-state index is 12.9. The van der Waals surface area contributed by atoms with Gasteiger partial charge in [0, 0.05) is 18.5 Å². The van der Waals surface area contributed by atoms with E-state index in [2.05, 4.69) is 10.6 Å². The zero-order chi connectivity index (χ0) is 12.0. The first kappa shape index (κ1) is 10.9. The van der Waals surface area contributed by atoms with Crippen LogP contribution in [0.25, 0.3) is 0 Å². The molecule has 0 spiro atoms. The Labute approximate surface area is 97.2 Å². The highest BCUT2D eigenvalue weighted by atomic mass is 19.4. The van der Waals surface area contributed by atoms with Gasteiger partial charge in [-0.05, 0) is 24.6 Å². The minimum absolute atomic E-state index is 0.148. The summed E-state index contributed by atoms with van der Waals surface area (Å²) >= 11 is 0. The molecule has 0 bridgehead atoms. The Morgan fingerprint density at radius 3 is 2.82 bits per heavy atom. The van der Waals surface area contributed by atoms with E-state index in [1.165, 1.54) is 6.07 Å². The number of fused-ring (bicyclic) bond motifs is 3. The summed E-state index contributed by atoms with van der Waals surface area (Å²) in [6.45, 7) is 1.62. The lowest BCUT2D eigenvalue weighted by atomic mass is 9.90. The fourth-order valence-corrected chi connectivity index (χ4v) is 2.82. The van der Waals surface area contributed by atoms with E-state index in [1.54, 1.807) is 6.07 Å². The van der Waals surface area contributed by atoms with E-state index in [1.807, 2.05) is 0 Å². The molecule has 2 atom stereocenters. The zero-order valence-corrected chi connectivity index (χ0v) is 9.14. The van der Waals surface area contributed by atoms with Crippen molar-refractivity contribution in [3.8, 4) is 0 Å². The predicted octanol–water partition coefficient (Wildman–Crippen LogP) is 2.58. The second-order valence-electron chi connectivity index (χ2n) is 4.62. The van der Waals surface area contributed by atoms with E-state index in [-0.39, 0.29) is 12.0 Å². The molecule has 92 valence electrons. The minimum Gasteiger partial charge on any atom is -0.381 e. The van der Waals surface area contributed by atoms with E-state index in [0.29, 0.717) is 5.69 Å². The number of piperidine rings is 1. The van der Waals surface area contributed by atoms with Crippen molar-refractivity contribution < 1.29 is 13.2 Å². The van der Waals surface area contributed by atoms with Crippen LogP contribution in [0.2, 0.25) is 0 Å². The predicted molar refractivity (Wildman–Crippen MR) is 59.1 cm³/mol. The van der Waals surface area contributed by atoms with E-state index < -0.39 is 11.7 Å². The number of rotatable bonds is 0. The number of anilines is 1. The molecule has 1 aromatic rings. The molecular weight excluding hydrogens is 229 g/mol. The van der Waals surface area contributed by atoms with Gasteiger partial charge in [0.05, 0.1) is 11.3 Å². The summed E-state index contributed by atoms with van der Waals surface area (Å²) in [5.41, 5.74) is 0.556. The van der Waals surface area contributed by atoms with Crippen molar-refractivity contribution in [2.24, 2.45) is 0 Å². The van der Waals surface area contributed by atoms with Crippen LogP contribution in [0, 0.1) is 0 Å². The first-order valence-corrected chi connectivity index (χ1v) is 5.75. The molecule has 0 radical (unpaired) electrons. The van der Waals surface area contributed by atoms with Gasteiger partial charge in [-0.1, -0.05) is 12.1 Å². The Balaban J connectivity index is 2.06. The number of para-hydroxylation sites is 1. The van der Waals surface area contributed by atoms with Crippen LogP contribution in [0.3, 0.4) is 0 Å². The van der Waals surface area contributed by atoms with E-state index >= 15 is 0 Å².